The van der Waals surface area contributed by atoms with E-state index in [0.717, 1.165) is 17.7 Å². The molecule has 0 aliphatic carbocycles. The lowest BCUT2D eigenvalue weighted by Crippen LogP contribution is -2.30. The normalized spacial score (nSPS) is 11.2. The Labute approximate surface area is 138 Å². The fourth-order valence-corrected chi connectivity index (χ4v) is 2.79. The second kappa shape index (κ2) is 7.54. The first-order valence-electron chi connectivity index (χ1n) is 6.52. The molecular weight excluding hydrogens is 345 g/mol. The van der Waals surface area contributed by atoms with Crippen molar-refractivity contribution in [3.8, 4) is 0 Å². The summed E-state index contributed by atoms with van der Waals surface area (Å²) in [4.78, 5) is 11.3. The maximum atomic E-state index is 13.0. The number of ether oxygens (including phenoxy) is 1. The number of halogens is 2. The summed E-state index contributed by atoms with van der Waals surface area (Å²) in [6.45, 7) is -0.551. The average Bonchev–Trinajstić information content (AvgIpc) is 2.52. The first-order valence-corrected chi connectivity index (χ1v) is 8.38. The fourth-order valence-electron chi connectivity index (χ4n) is 1.67. The number of hydrogen-bond acceptors (Lipinski definition) is 4. The molecule has 0 unspecified atom stereocenters. The van der Waals surface area contributed by atoms with Crippen molar-refractivity contribution in [1.82, 2.24) is 4.72 Å². The van der Waals surface area contributed by atoms with Crippen molar-refractivity contribution in [2.24, 2.45) is 0 Å². The molecule has 0 fully saturated rings. The molecule has 0 atom stereocenters. The van der Waals surface area contributed by atoms with Gasteiger partial charge in [0.15, 0.2) is 0 Å². The number of carbonyl (C=O) groups is 1. The first-order chi connectivity index (χ1) is 10.9. The van der Waals surface area contributed by atoms with Crippen LogP contribution in [0.25, 0.3) is 0 Å². The summed E-state index contributed by atoms with van der Waals surface area (Å²) in [7, 11) is -3.97. The smallest absolute Gasteiger partial charge is 0.321 e. The molecule has 2 aromatic rings. The van der Waals surface area contributed by atoms with Crippen LogP contribution in [0.5, 0.6) is 0 Å². The third kappa shape index (κ3) is 5.31. The number of carbonyl (C=O) groups excluding carboxylic acids is 1. The highest BCUT2D eigenvalue weighted by Gasteiger charge is 2.16. The average molecular weight is 358 g/mol. The molecule has 8 heteroatoms. The lowest BCUT2D eigenvalue weighted by atomic mass is 10.2. The highest BCUT2D eigenvalue weighted by molar-refractivity contribution is 7.89. The summed E-state index contributed by atoms with van der Waals surface area (Å²) in [5.74, 6) is -1.43. The van der Waals surface area contributed by atoms with Gasteiger partial charge in [-0.3, -0.25) is 4.79 Å². The van der Waals surface area contributed by atoms with Crippen LogP contribution in [-0.4, -0.2) is 20.9 Å². The van der Waals surface area contributed by atoms with Gasteiger partial charge in [0.25, 0.3) is 0 Å². The van der Waals surface area contributed by atoms with Crippen LogP contribution in [0.1, 0.15) is 5.56 Å². The predicted octanol–water partition coefficient (Wildman–Crippen LogP) is 2.50. The van der Waals surface area contributed by atoms with Gasteiger partial charge >= 0.3 is 5.97 Å². The number of sulfonamides is 1. The molecule has 0 aliphatic heterocycles. The second-order valence-electron chi connectivity index (χ2n) is 4.57. The summed E-state index contributed by atoms with van der Waals surface area (Å²) >= 11 is 5.73. The van der Waals surface area contributed by atoms with Crippen LogP contribution in [0.15, 0.2) is 53.4 Å². The quantitative estimate of drug-likeness (QED) is 0.806. The Morgan fingerprint density at radius 1 is 1.17 bits per heavy atom. The van der Waals surface area contributed by atoms with Crippen molar-refractivity contribution in [3.05, 3.63) is 64.9 Å². The molecule has 0 heterocycles. The third-order valence-electron chi connectivity index (χ3n) is 2.83. The molecule has 0 radical (unpaired) electrons. The number of rotatable bonds is 6. The van der Waals surface area contributed by atoms with Crippen LogP contribution in [0.3, 0.4) is 0 Å². The predicted molar refractivity (Wildman–Crippen MR) is 82.8 cm³/mol. The minimum atomic E-state index is -3.97. The molecule has 0 aromatic heterocycles. The summed E-state index contributed by atoms with van der Waals surface area (Å²) in [5.41, 5.74) is 0.718. The van der Waals surface area contributed by atoms with Crippen LogP contribution in [0.4, 0.5) is 4.39 Å². The van der Waals surface area contributed by atoms with Crippen LogP contribution in [0.2, 0.25) is 5.02 Å². The minimum Gasteiger partial charge on any atom is -0.460 e. The van der Waals surface area contributed by atoms with Gasteiger partial charge in [-0.05, 0) is 35.9 Å². The second-order valence-corrected chi connectivity index (χ2v) is 6.77. The van der Waals surface area contributed by atoms with Gasteiger partial charge in [-0.2, -0.15) is 4.72 Å². The van der Waals surface area contributed by atoms with Crippen molar-refractivity contribution in [2.75, 3.05) is 6.54 Å². The summed E-state index contributed by atoms with van der Waals surface area (Å²) < 4.78 is 43.8. The standard InChI is InChI=1S/C15H13ClFNO4S/c16-12-6-4-11(5-7-12)10-22-15(19)9-18-23(20,21)14-3-1-2-13(17)8-14/h1-8,18H,9-10H2. The van der Waals surface area contributed by atoms with Crippen molar-refractivity contribution in [2.45, 2.75) is 11.5 Å². The summed E-state index contributed by atoms with van der Waals surface area (Å²) in [6, 6.07) is 11.2. The van der Waals surface area contributed by atoms with E-state index >= 15 is 0 Å². The molecule has 0 bridgehead atoms. The highest BCUT2D eigenvalue weighted by atomic mass is 35.5. The largest absolute Gasteiger partial charge is 0.460 e. The van der Waals surface area contributed by atoms with E-state index in [0.29, 0.717) is 5.02 Å². The highest BCUT2D eigenvalue weighted by Crippen LogP contribution is 2.11. The molecule has 0 amide bonds. The molecule has 2 aromatic carbocycles. The molecular formula is C15H13ClFNO4S. The Balaban J connectivity index is 1.87. The molecule has 1 N–H and O–H groups in total. The fraction of sp³-hybridized carbons (Fsp3) is 0.133. The van der Waals surface area contributed by atoms with Crippen LogP contribution >= 0.6 is 11.6 Å². The van der Waals surface area contributed by atoms with Gasteiger partial charge in [0.05, 0.1) is 4.90 Å². The van der Waals surface area contributed by atoms with Crippen LogP contribution in [0, 0.1) is 5.82 Å². The third-order valence-corrected chi connectivity index (χ3v) is 4.48. The Bertz CT molecular complexity index is 793. The van der Waals surface area contributed by atoms with Gasteiger partial charge in [-0.15, -0.1) is 0 Å². The molecule has 23 heavy (non-hydrogen) atoms. The zero-order valence-electron chi connectivity index (χ0n) is 11.8. The molecule has 0 saturated carbocycles. The van der Waals surface area contributed by atoms with Crippen molar-refractivity contribution >= 4 is 27.6 Å². The Hall–Kier alpha value is -1.96. The molecule has 2 rings (SSSR count). The number of hydrogen-bond donors (Lipinski definition) is 1. The Morgan fingerprint density at radius 2 is 1.87 bits per heavy atom. The van der Waals surface area contributed by atoms with Crippen LogP contribution < -0.4 is 4.72 Å². The monoisotopic (exact) mass is 357 g/mol. The lowest BCUT2D eigenvalue weighted by molar-refractivity contribution is -0.143. The maximum absolute atomic E-state index is 13.0. The lowest BCUT2D eigenvalue weighted by Gasteiger charge is -2.08. The van der Waals surface area contributed by atoms with Gasteiger partial charge in [0.2, 0.25) is 10.0 Å². The number of benzene rings is 2. The SMILES string of the molecule is O=C(CNS(=O)(=O)c1cccc(F)c1)OCc1ccc(Cl)cc1. The van der Waals surface area contributed by atoms with E-state index in [1.54, 1.807) is 24.3 Å². The van der Waals surface area contributed by atoms with E-state index in [4.69, 9.17) is 16.3 Å². The number of esters is 1. The van der Waals surface area contributed by atoms with Crippen molar-refractivity contribution in [3.63, 3.8) is 0 Å². The summed E-state index contributed by atoms with van der Waals surface area (Å²) in [5, 5.41) is 0.558. The van der Waals surface area contributed by atoms with E-state index in [2.05, 4.69) is 4.72 Å². The van der Waals surface area contributed by atoms with E-state index in [9.17, 15) is 17.6 Å². The van der Waals surface area contributed by atoms with Crippen LogP contribution in [-0.2, 0) is 26.2 Å². The van der Waals surface area contributed by atoms with Crippen molar-refractivity contribution < 1.29 is 22.3 Å². The maximum Gasteiger partial charge on any atom is 0.321 e. The van der Waals surface area contributed by atoms with Gasteiger partial charge in [-0.25, -0.2) is 12.8 Å². The zero-order chi connectivity index (χ0) is 16.9. The molecule has 0 spiro atoms. The van der Waals surface area contributed by atoms with Crippen molar-refractivity contribution in [1.29, 1.82) is 0 Å². The first kappa shape index (κ1) is 17.4. The molecule has 122 valence electrons. The Morgan fingerprint density at radius 3 is 2.52 bits per heavy atom. The van der Waals surface area contributed by atoms with Gasteiger partial charge in [0, 0.05) is 5.02 Å². The topological polar surface area (TPSA) is 72.5 Å². The van der Waals surface area contributed by atoms with E-state index in [-0.39, 0.29) is 11.5 Å². The molecule has 0 aliphatic rings. The molecule has 0 saturated heterocycles. The van der Waals surface area contributed by atoms with E-state index in [1.807, 2.05) is 0 Å². The molecule has 5 nitrogen and oxygen atoms in total. The van der Waals surface area contributed by atoms with Gasteiger partial charge in [0.1, 0.15) is 19.0 Å². The van der Waals surface area contributed by atoms with Gasteiger partial charge < -0.3 is 4.74 Å². The zero-order valence-corrected chi connectivity index (χ0v) is 13.4. The van der Waals surface area contributed by atoms with E-state index < -0.39 is 28.4 Å². The Kier molecular flexibility index (Phi) is 5.70. The number of nitrogens with one attached hydrogen (secondary N) is 1. The summed E-state index contributed by atoms with van der Waals surface area (Å²) in [6.07, 6.45) is 0. The minimum absolute atomic E-state index is 0.00229. The van der Waals surface area contributed by atoms with E-state index in [1.165, 1.54) is 12.1 Å². The van der Waals surface area contributed by atoms with Gasteiger partial charge in [-0.1, -0.05) is 29.8 Å².